The van der Waals surface area contributed by atoms with Crippen molar-refractivity contribution in [2.45, 2.75) is 37.2 Å². The molecule has 1 amide bonds. The molecule has 0 saturated carbocycles. The van der Waals surface area contributed by atoms with Crippen molar-refractivity contribution in [2.75, 3.05) is 0 Å². The van der Waals surface area contributed by atoms with E-state index >= 15 is 0 Å². The van der Waals surface area contributed by atoms with Crippen molar-refractivity contribution in [3.05, 3.63) is 65.7 Å². The Kier molecular flexibility index (Phi) is 6.70. The summed E-state index contributed by atoms with van der Waals surface area (Å²) in [5.41, 5.74) is 0.962. The van der Waals surface area contributed by atoms with Crippen molar-refractivity contribution in [3.63, 3.8) is 0 Å². The quantitative estimate of drug-likeness (QED) is 0.636. The molecular weight excluding hydrogens is 368 g/mol. The monoisotopic (exact) mass is 390 g/mol. The molecule has 0 spiro atoms. The average molecular weight is 390 g/mol. The second-order valence-corrected chi connectivity index (χ2v) is 8.07. The zero-order chi connectivity index (χ0) is 20.0. The first-order chi connectivity index (χ1) is 12.7. The van der Waals surface area contributed by atoms with Gasteiger partial charge in [0, 0.05) is 18.0 Å². The molecule has 0 saturated heterocycles. The molecule has 2 aromatic rings. The highest BCUT2D eigenvalue weighted by Gasteiger charge is 2.22. The number of amides is 1. The molecule has 2 aromatic carbocycles. The van der Waals surface area contributed by atoms with E-state index in [0.29, 0.717) is 0 Å². The maximum Gasteiger partial charge on any atom is 0.326 e. The van der Waals surface area contributed by atoms with Crippen LogP contribution in [0.25, 0.3) is 0 Å². The minimum atomic E-state index is -3.66. The predicted octanol–water partition coefficient (Wildman–Crippen LogP) is 1.80. The van der Waals surface area contributed by atoms with Crippen molar-refractivity contribution >= 4 is 21.9 Å². The minimum Gasteiger partial charge on any atom is -0.480 e. The van der Waals surface area contributed by atoms with Gasteiger partial charge in [0.15, 0.2) is 0 Å². The Morgan fingerprint density at radius 3 is 2.11 bits per heavy atom. The van der Waals surface area contributed by atoms with Crippen molar-refractivity contribution < 1.29 is 23.1 Å². The molecule has 7 nitrogen and oxygen atoms in total. The maximum atomic E-state index is 12.3. The molecule has 0 bridgehead atoms. The predicted molar refractivity (Wildman–Crippen MR) is 101 cm³/mol. The smallest absolute Gasteiger partial charge is 0.326 e. The fourth-order valence-corrected chi connectivity index (χ4v) is 3.71. The Balaban J connectivity index is 2.11. The van der Waals surface area contributed by atoms with Gasteiger partial charge in [0.1, 0.15) is 6.04 Å². The van der Waals surface area contributed by atoms with Crippen LogP contribution in [0.2, 0.25) is 0 Å². The van der Waals surface area contributed by atoms with E-state index in [-0.39, 0.29) is 22.9 Å². The summed E-state index contributed by atoms with van der Waals surface area (Å²) in [4.78, 5) is 23.8. The number of carbonyl (C=O) groups is 2. The number of carboxylic acid groups (broad SMARTS) is 1. The third-order valence-electron chi connectivity index (χ3n) is 3.70. The SMILES string of the molecule is CC(C)NS(=O)(=O)c1ccc(C(=O)N[C@H](Cc2ccccc2)C(=O)O)cc1. The van der Waals surface area contributed by atoms with E-state index in [2.05, 4.69) is 10.0 Å². The second-order valence-electron chi connectivity index (χ2n) is 6.35. The van der Waals surface area contributed by atoms with Gasteiger partial charge in [-0.25, -0.2) is 17.9 Å². The van der Waals surface area contributed by atoms with Crippen LogP contribution in [-0.4, -0.2) is 37.5 Å². The van der Waals surface area contributed by atoms with Gasteiger partial charge in [0.2, 0.25) is 10.0 Å². The summed E-state index contributed by atoms with van der Waals surface area (Å²) in [5, 5.41) is 11.8. The fraction of sp³-hybridized carbons (Fsp3) is 0.263. The first kappa shape index (κ1) is 20.6. The van der Waals surface area contributed by atoms with Gasteiger partial charge in [-0.15, -0.1) is 0 Å². The Bertz CT molecular complexity index is 893. The lowest BCUT2D eigenvalue weighted by Gasteiger charge is -2.15. The third-order valence-corrected chi connectivity index (χ3v) is 5.38. The van der Waals surface area contributed by atoms with Gasteiger partial charge in [-0.05, 0) is 43.7 Å². The van der Waals surface area contributed by atoms with Gasteiger partial charge in [0.05, 0.1) is 4.90 Å². The lowest BCUT2D eigenvalue weighted by molar-refractivity contribution is -0.139. The molecule has 1 atom stereocenters. The second kappa shape index (κ2) is 8.79. The summed E-state index contributed by atoms with van der Waals surface area (Å²) in [6.45, 7) is 3.41. The van der Waals surface area contributed by atoms with Crippen LogP contribution < -0.4 is 10.0 Å². The number of benzene rings is 2. The van der Waals surface area contributed by atoms with E-state index in [1.807, 2.05) is 6.07 Å². The van der Waals surface area contributed by atoms with Crippen molar-refractivity contribution in [2.24, 2.45) is 0 Å². The summed E-state index contributed by atoms with van der Waals surface area (Å²) >= 11 is 0. The van der Waals surface area contributed by atoms with Crippen LogP contribution in [0.1, 0.15) is 29.8 Å². The molecule has 0 aliphatic rings. The number of aliphatic carboxylic acids is 1. The van der Waals surface area contributed by atoms with Crippen LogP contribution in [0, 0.1) is 0 Å². The summed E-state index contributed by atoms with van der Waals surface area (Å²) in [5.74, 6) is -1.73. The maximum absolute atomic E-state index is 12.3. The van der Waals surface area contributed by atoms with Gasteiger partial charge in [-0.1, -0.05) is 30.3 Å². The molecule has 3 N–H and O–H groups in total. The lowest BCUT2D eigenvalue weighted by atomic mass is 10.1. The molecule has 0 fully saturated rings. The summed E-state index contributed by atoms with van der Waals surface area (Å²) in [6.07, 6.45) is 0.146. The van der Waals surface area contributed by atoms with Gasteiger partial charge < -0.3 is 10.4 Å². The van der Waals surface area contributed by atoms with Crippen LogP contribution in [0.15, 0.2) is 59.5 Å². The first-order valence-corrected chi connectivity index (χ1v) is 9.87. The highest BCUT2D eigenvalue weighted by molar-refractivity contribution is 7.89. The number of rotatable bonds is 8. The molecule has 8 heteroatoms. The summed E-state index contributed by atoms with van der Waals surface area (Å²) in [6, 6.07) is 12.9. The molecule has 0 aromatic heterocycles. The van der Waals surface area contributed by atoms with Gasteiger partial charge in [-0.3, -0.25) is 4.79 Å². The summed E-state index contributed by atoms with van der Waals surface area (Å²) < 4.78 is 26.7. The lowest BCUT2D eigenvalue weighted by Crippen LogP contribution is -2.42. The van der Waals surface area contributed by atoms with Gasteiger partial charge >= 0.3 is 5.97 Å². The Hall–Kier alpha value is -2.71. The number of hydrogen-bond donors (Lipinski definition) is 3. The zero-order valence-corrected chi connectivity index (χ0v) is 15.9. The number of sulfonamides is 1. The molecule has 0 aliphatic heterocycles. The van der Waals surface area contributed by atoms with Gasteiger partial charge in [0.25, 0.3) is 5.91 Å². The Morgan fingerprint density at radius 1 is 1.00 bits per heavy atom. The molecular formula is C19H22N2O5S. The Labute approximate surface area is 158 Å². The van der Waals surface area contributed by atoms with E-state index in [1.165, 1.54) is 24.3 Å². The summed E-state index contributed by atoms with van der Waals surface area (Å²) in [7, 11) is -3.66. The normalized spacial score (nSPS) is 12.6. The van der Waals surface area contributed by atoms with Crippen LogP contribution in [0.4, 0.5) is 0 Å². The number of hydrogen-bond acceptors (Lipinski definition) is 4. The average Bonchev–Trinajstić information content (AvgIpc) is 2.61. The van der Waals surface area contributed by atoms with E-state index < -0.39 is 27.9 Å². The third kappa shape index (κ3) is 5.90. The molecule has 0 heterocycles. The molecule has 0 aliphatic carbocycles. The highest BCUT2D eigenvalue weighted by Crippen LogP contribution is 2.12. The number of nitrogens with one attached hydrogen (secondary N) is 2. The van der Waals surface area contributed by atoms with E-state index in [1.54, 1.807) is 38.1 Å². The molecule has 27 heavy (non-hydrogen) atoms. The number of carboxylic acids is 1. The van der Waals surface area contributed by atoms with Crippen LogP contribution >= 0.6 is 0 Å². The number of carbonyl (C=O) groups excluding carboxylic acids is 1. The van der Waals surface area contributed by atoms with Crippen LogP contribution in [-0.2, 0) is 21.2 Å². The van der Waals surface area contributed by atoms with Gasteiger partial charge in [-0.2, -0.15) is 0 Å². The van der Waals surface area contributed by atoms with Crippen molar-refractivity contribution in [1.29, 1.82) is 0 Å². The fourth-order valence-electron chi connectivity index (χ4n) is 2.46. The van der Waals surface area contributed by atoms with E-state index in [0.717, 1.165) is 5.56 Å². The molecule has 144 valence electrons. The van der Waals surface area contributed by atoms with E-state index in [4.69, 9.17) is 0 Å². The zero-order valence-electron chi connectivity index (χ0n) is 15.0. The Morgan fingerprint density at radius 2 is 1.59 bits per heavy atom. The highest BCUT2D eigenvalue weighted by atomic mass is 32.2. The molecule has 2 rings (SSSR count). The molecule has 0 radical (unpaired) electrons. The van der Waals surface area contributed by atoms with Crippen molar-refractivity contribution in [3.8, 4) is 0 Å². The van der Waals surface area contributed by atoms with E-state index in [9.17, 15) is 23.1 Å². The van der Waals surface area contributed by atoms with Crippen LogP contribution in [0.3, 0.4) is 0 Å². The standard InChI is InChI=1S/C19H22N2O5S/c1-13(2)21-27(25,26)16-10-8-15(9-11-16)18(22)20-17(19(23)24)12-14-6-4-3-5-7-14/h3-11,13,17,21H,12H2,1-2H3,(H,20,22)(H,23,24)/t17-/m1/s1. The molecule has 0 unspecified atom stereocenters. The van der Waals surface area contributed by atoms with Crippen LogP contribution in [0.5, 0.6) is 0 Å². The first-order valence-electron chi connectivity index (χ1n) is 8.39. The van der Waals surface area contributed by atoms with Crippen molar-refractivity contribution in [1.82, 2.24) is 10.0 Å². The topological polar surface area (TPSA) is 113 Å². The minimum absolute atomic E-state index is 0.0341. The largest absolute Gasteiger partial charge is 0.480 e.